The fourth-order valence-corrected chi connectivity index (χ4v) is 4.88. The molecule has 2 saturated heterocycles. The molecule has 0 radical (unpaired) electrons. The predicted molar refractivity (Wildman–Crippen MR) is 88.1 cm³/mol. The molecule has 5 nitrogen and oxygen atoms in total. The van der Waals surface area contributed by atoms with Crippen molar-refractivity contribution in [2.45, 2.75) is 48.7 Å². The van der Waals surface area contributed by atoms with Gasteiger partial charge in [0, 0.05) is 25.2 Å². The molecule has 2 bridgehead atoms. The van der Waals surface area contributed by atoms with Crippen LogP contribution in [-0.4, -0.2) is 45.0 Å². The Morgan fingerprint density at radius 1 is 1.26 bits per heavy atom. The Kier molecular flexibility index (Phi) is 5.56. The van der Waals surface area contributed by atoms with Crippen LogP contribution in [0.25, 0.3) is 0 Å². The van der Waals surface area contributed by atoms with E-state index in [1.165, 1.54) is 23.5 Å². The Bertz CT molecular complexity index is 659. The number of fused-ring (bicyclic) bond motifs is 2. The zero-order valence-corrected chi connectivity index (χ0v) is 14.8. The highest BCUT2D eigenvalue weighted by molar-refractivity contribution is 7.89. The normalized spacial score (nSPS) is 26.9. The van der Waals surface area contributed by atoms with Crippen molar-refractivity contribution in [3.05, 3.63) is 24.0 Å². The largest absolute Gasteiger partial charge is 0.494 e. The third-order valence-electron chi connectivity index (χ3n) is 4.76. The van der Waals surface area contributed by atoms with Crippen LogP contribution in [0.1, 0.15) is 25.7 Å². The van der Waals surface area contributed by atoms with E-state index in [-0.39, 0.29) is 29.1 Å². The van der Waals surface area contributed by atoms with Crippen molar-refractivity contribution in [1.29, 1.82) is 0 Å². The van der Waals surface area contributed by atoms with Gasteiger partial charge in [-0.1, -0.05) is 0 Å². The second kappa shape index (κ2) is 6.93. The molecule has 1 N–H and O–H groups in total. The molecule has 0 aromatic heterocycles. The van der Waals surface area contributed by atoms with E-state index in [0.717, 1.165) is 31.7 Å². The molecular weight excluding hydrogens is 343 g/mol. The van der Waals surface area contributed by atoms with Crippen LogP contribution in [0.4, 0.5) is 4.39 Å². The number of nitrogens with one attached hydrogen (secondary N) is 1. The van der Waals surface area contributed by atoms with Crippen molar-refractivity contribution in [3.8, 4) is 5.75 Å². The molecule has 1 aromatic carbocycles. The fourth-order valence-electron chi connectivity index (χ4n) is 3.49. The minimum atomic E-state index is -3.70. The van der Waals surface area contributed by atoms with Crippen molar-refractivity contribution in [3.63, 3.8) is 0 Å². The first-order chi connectivity index (χ1) is 10.4. The molecule has 2 unspecified atom stereocenters. The van der Waals surface area contributed by atoms with Crippen molar-refractivity contribution in [1.82, 2.24) is 9.62 Å². The van der Waals surface area contributed by atoms with Gasteiger partial charge in [-0.3, -0.25) is 0 Å². The quantitative estimate of drug-likeness (QED) is 0.889. The van der Waals surface area contributed by atoms with Crippen molar-refractivity contribution < 1.29 is 17.5 Å². The van der Waals surface area contributed by atoms with E-state index < -0.39 is 15.8 Å². The molecule has 2 aliphatic rings. The van der Waals surface area contributed by atoms with Gasteiger partial charge in [0.05, 0.1) is 12.0 Å². The molecule has 2 fully saturated rings. The van der Waals surface area contributed by atoms with Gasteiger partial charge in [-0.05, 0) is 43.9 Å². The first-order valence-corrected chi connectivity index (χ1v) is 8.93. The van der Waals surface area contributed by atoms with Gasteiger partial charge in [-0.25, -0.2) is 12.8 Å². The number of halogens is 2. The van der Waals surface area contributed by atoms with Crippen LogP contribution in [-0.2, 0) is 10.0 Å². The Hall–Kier alpha value is -0.890. The second-order valence-corrected chi connectivity index (χ2v) is 8.08. The summed E-state index contributed by atoms with van der Waals surface area (Å²) in [5.41, 5.74) is 0. The smallest absolute Gasteiger partial charge is 0.243 e. The summed E-state index contributed by atoms with van der Waals surface area (Å²) in [5, 5.41) is 3.49. The Morgan fingerprint density at radius 3 is 2.39 bits per heavy atom. The zero-order valence-electron chi connectivity index (χ0n) is 13.2. The summed E-state index contributed by atoms with van der Waals surface area (Å²) in [5.74, 6) is -0.621. The molecule has 0 saturated carbocycles. The van der Waals surface area contributed by atoms with Gasteiger partial charge < -0.3 is 10.1 Å². The average molecular weight is 365 g/mol. The summed E-state index contributed by atoms with van der Waals surface area (Å²) in [6, 6.07) is 4.53. The first kappa shape index (κ1) is 18.4. The van der Waals surface area contributed by atoms with Gasteiger partial charge in [0.1, 0.15) is 0 Å². The monoisotopic (exact) mass is 364 g/mol. The van der Waals surface area contributed by atoms with Crippen LogP contribution in [0.3, 0.4) is 0 Å². The number of sulfonamides is 1. The molecule has 8 heteroatoms. The van der Waals surface area contributed by atoms with Crippen molar-refractivity contribution >= 4 is 22.4 Å². The van der Waals surface area contributed by atoms with E-state index in [0.29, 0.717) is 12.1 Å². The SMILES string of the molecule is COc1ccc(S(=O)(=O)N(C)C2CC3CCC(C2)N3)cc1F.Cl. The van der Waals surface area contributed by atoms with Crippen molar-refractivity contribution in [2.24, 2.45) is 0 Å². The topological polar surface area (TPSA) is 58.6 Å². The summed E-state index contributed by atoms with van der Waals surface area (Å²) < 4.78 is 45.5. The van der Waals surface area contributed by atoms with Crippen LogP contribution in [0.5, 0.6) is 5.75 Å². The molecule has 2 atom stereocenters. The maximum absolute atomic E-state index is 13.8. The summed E-state index contributed by atoms with van der Waals surface area (Å²) in [7, 11) is -0.754. The zero-order chi connectivity index (χ0) is 15.9. The molecular formula is C15H22ClFN2O3S. The van der Waals surface area contributed by atoms with E-state index in [4.69, 9.17) is 4.74 Å². The highest BCUT2D eigenvalue weighted by Gasteiger charge is 2.38. The molecule has 2 aliphatic heterocycles. The number of ether oxygens (including phenoxy) is 1. The van der Waals surface area contributed by atoms with Crippen LogP contribution in [0, 0.1) is 5.82 Å². The van der Waals surface area contributed by atoms with E-state index in [9.17, 15) is 12.8 Å². The molecule has 23 heavy (non-hydrogen) atoms. The van der Waals surface area contributed by atoms with Gasteiger partial charge in [-0.2, -0.15) is 4.31 Å². The number of hydrogen-bond acceptors (Lipinski definition) is 4. The molecule has 0 spiro atoms. The highest BCUT2D eigenvalue weighted by Crippen LogP contribution is 2.32. The third kappa shape index (κ3) is 3.47. The maximum atomic E-state index is 13.8. The van der Waals surface area contributed by atoms with E-state index in [1.54, 1.807) is 7.05 Å². The summed E-state index contributed by atoms with van der Waals surface area (Å²) >= 11 is 0. The lowest BCUT2D eigenvalue weighted by atomic mass is 10.0. The van der Waals surface area contributed by atoms with Gasteiger partial charge in [0.15, 0.2) is 11.6 Å². The highest BCUT2D eigenvalue weighted by atomic mass is 35.5. The van der Waals surface area contributed by atoms with E-state index >= 15 is 0 Å². The second-order valence-electron chi connectivity index (χ2n) is 6.08. The van der Waals surface area contributed by atoms with Gasteiger partial charge in [-0.15, -0.1) is 12.4 Å². The minimum Gasteiger partial charge on any atom is -0.494 e. The lowest BCUT2D eigenvalue weighted by Crippen LogP contribution is -2.48. The third-order valence-corrected chi connectivity index (χ3v) is 6.67. The average Bonchev–Trinajstić information content (AvgIpc) is 2.84. The van der Waals surface area contributed by atoms with Crippen LogP contribution >= 0.6 is 12.4 Å². The summed E-state index contributed by atoms with van der Waals surface area (Å²) in [6.45, 7) is 0. The first-order valence-electron chi connectivity index (χ1n) is 7.49. The maximum Gasteiger partial charge on any atom is 0.243 e. The van der Waals surface area contributed by atoms with E-state index in [1.807, 2.05) is 0 Å². The standard InChI is InChI=1S/C15H21FN2O3S.ClH/c1-18(12-7-10-3-4-11(8-12)17-10)22(19,20)13-5-6-15(21-2)14(16)9-13;/h5-6,9-12,17H,3-4,7-8H2,1-2H3;1H. The molecule has 0 amide bonds. The Morgan fingerprint density at radius 2 is 1.87 bits per heavy atom. The fraction of sp³-hybridized carbons (Fsp3) is 0.600. The summed E-state index contributed by atoms with van der Waals surface area (Å²) in [6.07, 6.45) is 3.83. The lowest BCUT2D eigenvalue weighted by Gasteiger charge is -2.34. The molecule has 0 aliphatic carbocycles. The molecule has 1 aromatic rings. The van der Waals surface area contributed by atoms with Crippen LogP contribution in [0.15, 0.2) is 23.1 Å². The summed E-state index contributed by atoms with van der Waals surface area (Å²) in [4.78, 5) is -0.0285. The van der Waals surface area contributed by atoms with Gasteiger partial charge >= 0.3 is 0 Å². The molecule has 3 rings (SSSR count). The number of hydrogen-bond donors (Lipinski definition) is 1. The number of rotatable bonds is 4. The number of methoxy groups -OCH3 is 1. The van der Waals surface area contributed by atoms with Gasteiger partial charge in [0.2, 0.25) is 10.0 Å². The predicted octanol–water partition coefficient (Wildman–Crippen LogP) is 2.16. The lowest BCUT2D eigenvalue weighted by molar-refractivity contribution is 0.251. The van der Waals surface area contributed by atoms with Crippen LogP contribution in [0.2, 0.25) is 0 Å². The molecule has 2 heterocycles. The van der Waals surface area contributed by atoms with E-state index in [2.05, 4.69) is 5.32 Å². The Labute approximate surface area is 142 Å². The number of nitrogens with zero attached hydrogens (tertiary/aromatic N) is 1. The number of benzene rings is 1. The van der Waals surface area contributed by atoms with Gasteiger partial charge in [0.25, 0.3) is 0 Å². The Balaban J connectivity index is 0.00000192. The number of piperidine rings is 1. The minimum absolute atomic E-state index is 0. The van der Waals surface area contributed by atoms with Crippen molar-refractivity contribution in [2.75, 3.05) is 14.2 Å². The molecule has 130 valence electrons. The van der Waals surface area contributed by atoms with Crippen LogP contribution < -0.4 is 10.1 Å².